The molecule has 0 radical (unpaired) electrons. The number of ether oxygens (including phenoxy) is 1. The van der Waals surface area contributed by atoms with Crippen molar-refractivity contribution in [2.45, 2.75) is 57.5 Å². The minimum Gasteiger partial charge on any atom is -0.488 e. The van der Waals surface area contributed by atoms with Gasteiger partial charge in [-0.1, -0.05) is 0 Å². The number of H-pyrrole nitrogens is 1. The SMILES string of the molecule is C[C@H]1Cc2c([nH]c3cc(F)ccc23)[C@H](c2c(F)cc(OC3CN(CCCF)C3)cc2F)N1CC(C)(C)F. The third-order valence-corrected chi connectivity index (χ3v) is 7.29. The van der Waals surface area contributed by atoms with E-state index in [2.05, 4.69) is 4.98 Å². The average Bonchev–Trinajstić information content (AvgIpc) is 3.12. The highest BCUT2D eigenvalue weighted by Crippen LogP contribution is 2.44. The Bertz CT molecular complexity index is 1260. The van der Waals surface area contributed by atoms with E-state index in [1.165, 1.54) is 38.1 Å². The van der Waals surface area contributed by atoms with Crippen molar-refractivity contribution in [3.63, 3.8) is 0 Å². The lowest BCUT2D eigenvalue weighted by Gasteiger charge is -2.43. The number of halogens is 5. The van der Waals surface area contributed by atoms with Crippen molar-refractivity contribution in [1.82, 2.24) is 14.8 Å². The first-order valence-corrected chi connectivity index (χ1v) is 12.7. The van der Waals surface area contributed by atoms with Gasteiger partial charge in [-0.2, -0.15) is 0 Å². The van der Waals surface area contributed by atoms with Gasteiger partial charge in [-0.15, -0.1) is 0 Å². The van der Waals surface area contributed by atoms with Crippen LogP contribution in [-0.4, -0.2) is 65.5 Å². The lowest BCUT2D eigenvalue weighted by Crippen LogP contribution is -2.53. The topological polar surface area (TPSA) is 31.5 Å². The fourth-order valence-corrected chi connectivity index (χ4v) is 5.67. The Labute approximate surface area is 213 Å². The molecule has 9 heteroatoms. The summed E-state index contributed by atoms with van der Waals surface area (Å²) < 4.78 is 78.4. The van der Waals surface area contributed by atoms with Gasteiger partial charge in [-0.3, -0.25) is 14.2 Å². The summed E-state index contributed by atoms with van der Waals surface area (Å²) >= 11 is 0. The van der Waals surface area contributed by atoms with E-state index < -0.39 is 29.2 Å². The molecule has 0 bridgehead atoms. The molecule has 1 N–H and O–H groups in total. The number of likely N-dealkylation sites (tertiary alicyclic amines) is 1. The number of benzene rings is 2. The summed E-state index contributed by atoms with van der Waals surface area (Å²) in [7, 11) is 0. The molecule has 1 aromatic heterocycles. The number of alkyl halides is 2. The van der Waals surface area contributed by atoms with E-state index in [1.54, 1.807) is 11.0 Å². The molecule has 2 aromatic carbocycles. The smallest absolute Gasteiger partial charge is 0.135 e. The third kappa shape index (κ3) is 5.21. The number of hydrogen-bond donors (Lipinski definition) is 1. The molecular weight excluding hydrogens is 489 g/mol. The van der Waals surface area contributed by atoms with Crippen LogP contribution in [0, 0.1) is 17.5 Å². The zero-order chi connectivity index (χ0) is 26.5. The van der Waals surface area contributed by atoms with E-state index in [0.29, 0.717) is 43.7 Å². The zero-order valence-electron chi connectivity index (χ0n) is 21.3. The number of fused-ring (bicyclic) bond motifs is 3. The maximum absolute atomic E-state index is 15.7. The van der Waals surface area contributed by atoms with Crippen LogP contribution in [0.4, 0.5) is 22.0 Å². The van der Waals surface area contributed by atoms with Gasteiger partial charge in [-0.05, 0) is 57.4 Å². The molecule has 1 fully saturated rings. The molecule has 0 saturated carbocycles. The lowest BCUT2D eigenvalue weighted by atomic mass is 9.87. The lowest BCUT2D eigenvalue weighted by molar-refractivity contribution is 0.0179. The number of nitrogens with zero attached hydrogens (tertiary/aromatic N) is 2. The molecule has 3 aromatic rings. The molecule has 0 amide bonds. The molecule has 200 valence electrons. The van der Waals surface area contributed by atoms with Crippen LogP contribution in [0.15, 0.2) is 30.3 Å². The number of nitrogens with one attached hydrogen (secondary N) is 1. The Morgan fingerprint density at radius 1 is 1.08 bits per heavy atom. The molecule has 2 aliphatic rings. The maximum atomic E-state index is 15.7. The van der Waals surface area contributed by atoms with Gasteiger partial charge in [0.2, 0.25) is 0 Å². The highest BCUT2D eigenvalue weighted by Gasteiger charge is 2.41. The molecule has 2 atom stereocenters. The summed E-state index contributed by atoms with van der Waals surface area (Å²) in [5.41, 5.74) is 0.108. The molecule has 2 aliphatic heterocycles. The summed E-state index contributed by atoms with van der Waals surface area (Å²) in [6.45, 7) is 6.11. The number of rotatable bonds is 8. The van der Waals surface area contributed by atoms with Crippen LogP contribution in [0.5, 0.6) is 5.75 Å². The van der Waals surface area contributed by atoms with E-state index >= 15 is 8.78 Å². The molecule has 0 spiro atoms. The van der Waals surface area contributed by atoms with Crippen LogP contribution in [0.25, 0.3) is 10.9 Å². The quantitative estimate of drug-likeness (QED) is 0.364. The van der Waals surface area contributed by atoms with E-state index in [-0.39, 0.29) is 36.7 Å². The highest BCUT2D eigenvalue weighted by molar-refractivity contribution is 5.85. The minimum atomic E-state index is -1.61. The van der Waals surface area contributed by atoms with Gasteiger partial charge in [0.1, 0.15) is 35.0 Å². The summed E-state index contributed by atoms with van der Waals surface area (Å²) in [6, 6.07) is 5.57. The predicted molar refractivity (Wildman–Crippen MR) is 133 cm³/mol. The largest absolute Gasteiger partial charge is 0.488 e. The van der Waals surface area contributed by atoms with E-state index in [1.807, 2.05) is 11.8 Å². The Balaban J connectivity index is 1.51. The Hall–Kier alpha value is -2.65. The van der Waals surface area contributed by atoms with Crippen LogP contribution in [0.1, 0.15) is 50.1 Å². The summed E-state index contributed by atoms with van der Waals surface area (Å²) in [6.07, 6.45) is 0.746. The second-order valence-corrected chi connectivity index (χ2v) is 10.9. The van der Waals surface area contributed by atoms with Gasteiger partial charge < -0.3 is 9.72 Å². The maximum Gasteiger partial charge on any atom is 0.135 e. The van der Waals surface area contributed by atoms with Gasteiger partial charge in [0.05, 0.1) is 12.7 Å². The van der Waals surface area contributed by atoms with Crippen LogP contribution in [-0.2, 0) is 6.42 Å². The van der Waals surface area contributed by atoms with E-state index in [0.717, 1.165) is 10.9 Å². The zero-order valence-corrected chi connectivity index (χ0v) is 21.3. The average molecular weight is 522 g/mol. The molecule has 4 nitrogen and oxygen atoms in total. The van der Waals surface area contributed by atoms with Gasteiger partial charge in [-0.25, -0.2) is 17.6 Å². The van der Waals surface area contributed by atoms with Crippen LogP contribution in [0.2, 0.25) is 0 Å². The van der Waals surface area contributed by atoms with Crippen molar-refractivity contribution in [2.24, 2.45) is 0 Å². The standard InChI is InChI=1S/C28H32F5N3O/c1-16-9-21-20-6-5-17(30)10-24(20)34-26(21)27(36(16)15-28(2,3)33)25-22(31)11-18(12-23(25)32)37-19-13-35(14-19)8-4-7-29/h5-6,10-12,16,19,27,34H,4,7-9,13-15H2,1-3H3/t16-,27-/m0/s1. The van der Waals surface area contributed by atoms with E-state index in [9.17, 15) is 13.2 Å². The highest BCUT2D eigenvalue weighted by atomic mass is 19.2. The van der Waals surface area contributed by atoms with Crippen molar-refractivity contribution >= 4 is 10.9 Å². The first-order chi connectivity index (χ1) is 17.5. The van der Waals surface area contributed by atoms with Crippen LogP contribution >= 0.6 is 0 Å². The fourth-order valence-electron chi connectivity index (χ4n) is 5.67. The third-order valence-electron chi connectivity index (χ3n) is 7.29. The molecule has 37 heavy (non-hydrogen) atoms. The minimum absolute atomic E-state index is 0.0457. The number of aromatic amines is 1. The molecule has 1 saturated heterocycles. The van der Waals surface area contributed by atoms with Crippen molar-refractivity contribution < 1.29 is 26.7 Å². The second-order valence-electron chi connectivity index (χ2n) is 10.9. The number of aromatic nitrogens is 1. The summed E-state index contributed by atoms with van der Waals surface area (Å²) in [5, 5.41) is 0.787. The Morgan fingerprint density at radius 2 is 1.78 bits per heavy atom. The van der Waals surface area contributed by atoms with Gasteiger partial charge in [0, 0.05) is 66.5 Å². The van der Waals surface area contributed by atoms with Crippen molar-refractivity contribution in [2.75, 3.05) is 32.9 Å². The second kappa shape index (κ2) is 9.91. The normalized spacial score (nSPS) is 21.3. The van der Waals surface area contributed by atoms with Crippen molar-refractivity contribution in [3.8, 4) is 5.75 Å². The monoisotopic (exact) mass is 521 g/mol. The van der Waals surface area contributed by atoms with Gasteiger partial charge >= 0.3 is 0 Å². The summed E-state index contributed by atoms with van der Waals surface area (Å²) in [4.78, 5) is 6.97. The molecule has 3 heterocycles. The predicted octanol–water partition coefficient (Wildman–Crippen LogP) is 6.09. The van der Waals surface area contributed by atoms with Crippen molar-refractivity contribution in [3.05, 3.63) is 64.6 Å². The molecule has 0 unspecified atom stereocenters. The molecule has 0 aliphatic carbocycles. The number of hydrogen-bond acceptors (Lipinski definition) is 3. The van der Waals surface area contributed by atoms with Crippen molar-refractivity contribution in [1.29, 1.82) is 0 Å². The fraction of sp³-hybridized carbons (Fsp3) is 0.500. The van der Waals surface area contributed by atoms with Gasteiger partial charge in [0.15, 0.2) is 0 Å². The van der Waals surface area contributed by atoms with Crippen LogP contribution in [0.3, 0.4) is 0 Å². The summed E-state index contributed by atoms with van der Waals surface area (Å²) in [5.74, 6) is -1.93. The first kappa shape index (κ1) is 26.0. The Kier molecular flexibility index (Phi) is 6.96. The van der Waals surface area contributed by atoms with Gasteiger partial charge in [0.25, 0.3) is 0 Å². The molecule has 5 rings (SSSR count). The van der Waals surface area contributed by atoms with Crippen LogP contribution < -0.4 is 4.74 Å². The first-order valence-electron chi connectivity index (χ1n) is 12.7. The molecular formula is C28H32F5N3O. The van der Waals surface area contributed by atoms with E-state index in [4.69, 9.17) is 4.74 Å². The Morgan fingerprint density at radius 3 is 2.43 bits per heavy atom.